The number of ether oxygens (including phenoxy) is 3. The van der Waals surface area contributed by atoms with Crippen molar-refractivity contribution in [3.05, 3.63) is 71.8 Å². The average molecular weight is 599 g/mol. The Kier molecular flexibility index (Phi) is 11.7. The van der Waals surface area contributed by atoms with Crippen LogP contribution in [-0.2, 0) is 59.7 Å². The first-order chi connectivity index (χ1) is 18.9. The minimum absolute atomic E-state index is 0.124. The molecule has 2 aromatic carbocycles. The summed E-state index contributed by atoms with van der Waals surface area (Å²) in [6.45, 7) is 5.55. The van der Waals surface area contributed by atoms with E-state index in [-0.39, 0.29) is 31.7 Å². The highest BCUT2D eigenvalue weighted by Crippen LogP contribution is 2.63. The van der Waals surface area contributed by atoms with Crippen LogP contribution in [-0.4, -0.2) is 47.8 Å². The van der Waals surface area contributed by atoms with Crippen LogP contribution in [0.2, 0.25) is 0 Å². The van der Waals surface area contributed by atoms with E-state index in [1.54, 1.807) is 67.6 Å². The number of esters is 2. The predicted octanol–water partition coefficient (Wildman–Crippen LogP) is 5.26. The standard InChI is InChI=1S/C27H36O11P2/c1-19-20(2)26(36-22(4)29)27(37-25(19)17-33-21(3)28)38-40(32,35-16-24-13-9-6-10-14-24)18-39(30,31)34-15-23-11-7-5-8-12-23/h5-14,19-20,25-27H,15-18H2,1-4H3,(H,30,31)/t19-,20-,25?,26?,27-,40?/m0/s1. The molecule has 3 rings (SSSR count). The lowest BCUT2D eigenvalue weighted by Crippen LogP contribution is -2.53. The van der Waals surface area contributed by atoms with Gasteiger partial charge in [-0.15, -0.1) is 0 Å². The van der Waals surface area contributed by atoms with E-state index in [9.17, 15) is 23.6 Å². The smallest absolute Gasteiger partial charge is 0.345 e. The molecule has 7 atom stereocenters. The lowest BCUT2D eigenvalue weighted by molar-refractivity contribution is -0.255. The fourth-order valence-electron chi connectivity index (χ4n) is 4.11. The molecule has 1 saturated heterocycles. The minimum atomic E-state index is -4.53. The number of rotatable bonds is 13. The first kappa shape index (κ1) is 32.2. The van der Waals surface area contributed by atoms with Gasteiger partial charge in [-0.1, -0.05) is 74.5 Å². The highest BCUT2D eigenvalue weighted by molar-refractivity contribution is 7.70. The summed E-state index contributed by atoms with van der Waals surface area (Å²) < 4.78 is 60.5. The molecule has 1 N–H and O–H groups in total. The molecule has 0 bridgehead atoms. The van der Waals surface area contributed by atoms with Crippen LogP contribution >= 0.6 is 15.2 Å². The second-order valence-electron chi connectivity index (χ2n) is 9.65. The molecule has 1 aliphatic rings. The second-order valence-corrected chi connectivity index (χ2v) is 14.0. The van der Waals surface area contributed by atoms with E-state index in [2.05, 4.69) is 0 Å². The molecule has 0 radical (unpaired) electrons. The van der Waals surface area contributed by atoms with Crippen LogP contribution in [0.5, 0.6) is 0 Å². The predicted molar refractivity (Wildman–Crippen MR) is 145 cm³/mol. The zero-order valence-corrected chi connectivity index (χ0v) is 24.7. The maximum Gasteiger partial charge on any atom is 0.345 e. The minimum Gasteiger partial charge on any atom is -0.463 e. The molecule has 0 saturated carbocycles. The molecule has 2 aromatic rings. The summed E-state index contributed by atoms with van der Waals surface area (Å²) in [6, 6.07) is 17.5. The third-order valence-electron chi connectivity index (χ3n) is 6.43. The third kappa shape index (κ3) is 9.93. The Morgan fingerprint density at radius 1 is 0.850 bits per heavy atom. The van der Waals surface area contributed by atoms with Gasteiger partial charge in [0.25, 0.3) is 0 Å². The quantitative estimate of drug-likeness (QED) is 0.238. The van der Waals surface area contributed by atoms with Gasteiger partial charge in [-0.3, -0.25) is 23.2 Å². The van der Waals surface area contributed by atoms with E-state index in [0.717, 1.165) is 0 Å². The number of benzene rings is 2. The average Bonchev–Trinajstić information content (AvgIpc) is 2.90. The van der Waals surface area contributed by atoms with E-state index in [0.29, 0.717) is 11.1 Å². The van der Waals surface area contributed by atoms with Gasteiger partial charge in [0.05, 0.1) is 19.3 Å². The summed E-state index contributed by atoms with van der Waals surface area (Å²) in [6.07, 6.45) is -3.18. The van der Waals surface area contributed by atoms with Crippen LogP contribution in [0.25, 0.3) is 0 Å². The Bertz CT molecular complexity index is 1210. The summed E-state index contributed by atoms with van der Waals surface area (Å²) in [4.78, 5) is 34.0. The molecule has 220 valence electrons. The Morgan fingerprint density at radius 3 is 1.93 bits per heavy atom. The van der Waals surface area contributed by atoms with Crippen molar-refractivity contribution in [2.45, 2.75) is 59.4 Å². The van der Waals surface area contributed by atoms with Gasteiger partial charge in [-0.05, 0) is 17.0 Å². The number of hydrogen-bond acceptors (Lipinski definition) is 10. The summed E-state index contributed by atoms with van der Waals surface area (Å²) in [7, 11) is -8.98. The van der Waals surface area contributed by atoms with Crippen molar-refractivity contribution in [2.75, 3.05) is 12.5 Å². The van der Waals surface area contributed by atoms with Gasteiger partial charge < -0.3 is 28.2 Å². The van der Waals surface area contributed by atoms with Crippen LogP contribution in [0.1, 0.15) is 38.8 Å². The lowest BCUT2D eigenvalue weighted by Gasteiger charge is -2.44. The number of hydrogen-bond donors (Lipinski definition) is 1. The van der Waals surface area contributed by atoms with Crippen LogP contribution in [0.3, 0.4) is 0 Å². The normalized spacial score (nSPS) is 25.8. The fourth-order valence-corrected chi connectivity index (χ4v) is 8.02. The molecular weight excluding hydrogens is 562 g/mol. The molecule has 1 aliphatic heterocycles. The van der Waals surface area contributed by atoms with Crippen molar-refractivity contribution >= 4 is 27.1 Å². The van der Waals surface area contributed by atoms with Gasteiger partial charge in [0.15, 0.2) is 12.0 Å². The first-order valence-electron chi connectivity index (χ1n) is 12.8. The fraction of sp³-hybridized carbons (Fsp3) is 0.481. The van der Waals surface area contributed by atoms with Crippen molar-refractivity contribution in [3.63, 3.8) is 0 Å². The van der Waals surface area contributed by atoms with Crippen molar-refractivity contribution in [3.8, 4) is 0 Å². The maximum atomic E-state index is 14.1. The van der Waals surface area contributed by atoms with E-state index >= 15 is 0 Å². The van der Waals surface area contributed by atoms with Crippen molar-refractivity contribution in [1.29, 1.82) is 0 Å². The Morgan fingerprint density at radius 2 is 1.40 bits per heavy atom. The highest BCUT2D eigenvalue weighted by atomic mass is 31.2. The van der Waals surface area contributed by atoms with E-state index in [1.807, 2.05) is 6.92 Å². The van der Waals surface area contributed by atoms with Crippen LogP contribution in [0.4, 0.5) is 0 Å². The van der Waals surface area contributed by atoms with Crippen molar-refractivity contribution < 1.29 is 51.4 Å². The van der Waals surface area contributed by atoms with Crippen LogP contribution < -0.4 is 0 Å². The Hall–Kier alpha value is -2.36. The van der Waals surface area contributed by atoms with Crippen molar-refractivity contribution in [1.82, 2.24) is 0 Å². The second kappa shape index (κ2) is 14.5. The van der Waals surface area contributed by atoms with Crippen LogP contribution in [0, 0.1) is 11.8 Å². The van der Waals surface area contributed by atoms with Gasteiger partial charge in [0.1, 0.15) is 6.61 Å². The number of carbonyl (C=O) groups excluding carboxylic acids is 2. The SMILES string of the molecule is CC(=O)OCC1O[C@@H](OP(=O)(CP(=O)(O)OCc2ccccc2)OCc2ccccc2)C(OC(C)=O)[C@@H](C)[C@@H]1C. The topological polar surface area (TPSA) is 144 Å². The van der Waals surface area contributed by atoms with Gasteiger partial charge in [-0.25, -0.2) is 0 Å². The molecule has 40 heavy (non-hydrogen) atoms. The van der Waals surface area contributed by atoms with Crippen molar-refractivity contribution in [2.24, 2.45) is 11.8 Å². The Labute approximate surface area is 234 Å². The molecule has 0 amide bonds. The lowest BCUT2D eigenvalue weighted by atomic mass is 9.83. The van der Waals surface area contributed by atoms with Gasteiger partial charge in [-0.2, -0.15) is 0 Å². The molecule has 1 heterocycles. The maximum absolute atomic E-state index is 14.1. The van der Waals surface area contributed by atoms with E-state index in [4.69, 9.17) is 27.8 Å². The van der Waals surface area contributed by atoms with E-state index in [1.165, 1.54) is 13.8 Å². The van der Waals surface area contributed by atoms with Gasteiger partial charge in [0, 0.05) is 19.8 Å². The van der Waals surface area contributed by atoms with E-state index < -0.39 is 51.5 Å². The molecule has 4 unspecified atom stereocenters. The zero-order chi connectivity index (χ0) is 29.3. The molecule has 13 heteroatoms. The zero-order valence-electron chi connectivity index (χ0n) is 22.9. The molecule has 11 nitrogen and oxygen atoms in total. The number of carbonyl (C=O) groups is 2. The summed E-state index contributed by atoms with van der Waals surface area (Å²) >= 11 is 0. The molecule has 0 aromatic heterocycles. The first-order valence-corrected chi connectivity index (χ1v) is 16.3. The van der Waals surface area contributed by atoms with Gasteiger partial charge in [0.2, 0.25) is 6.29 Å². The molecule has 0 spiro atoms. The Balaban J connectivity index is 1.86. The summed E-state index contributed by atoms with van der Waals surface area (Å²) in [5.74, 6) is -2.77. The van der Waals surface area contributed by atoms with Crippen LogP contribution in [0.15, 0.2) is 60.7 Å². The monoisotopic (exact) mass is 598 g/mol. The summed E-state index contributed by atoms with van der Waals surface area (Å²) in [5, 5.41) is 0. The molecule has 1 fully saturated rings. The summed E-state index contributed by atoms with van der Waals surface area (Å²) in [5.41, 5.74) is 1.28. The molecule has 0 aliphatic carbocycles. The van der Waals surface area contributed by atoms with Gasteiger partial charge >= 0.3 is 27.1 Å². The highest BCUT2D eigenvalue weighted by Gasteiger charge is 2.49. The largest absolute Gasteiger partial charge is 0.463 e. The molecular formula is C27H36O11P2. The third-order valence-corrected chi connectivity index (χ3v) is 10.8.